The lowest BCUT2D eigenvalue weighted by Crippen LogP contribution is -2.30. The fourth-order valence-corrected chi connectivity index (χ4v) is 3.75. The van der Waals surface area contributed by atoms with Gasteiger partial charge in [0.15, 0.2) is 0 Å². The third kappa shape index (κ3) is 5.87. The number of hydrogen-bond donors (Lipinski definition) is 2. The molecule has 2 amide bonds. The summed E-state index contributed by atoms with van der Waals surface area (Å²) in [5.74, 6) is 0.0993. The van der Waals surface area contributed by atoms with E-state index in [1.165, 1.54) is 5.56 Å². The lowest BCUT2D eigenvalue weighted by molar-refractivity contribution is 0.0948. The van der Waals surface area contributed by atoms with Crippen molar-refractivity contribution in [1.29, 1.82) is 0 Å². The number of hydrogen-bond acceptors (Lipinski definition) is 3. The van der Waals surface area contributed by atoms with Crippen molar-refractivity contribution in [2.75, 3.05) is 29.9 Å². The van der Waals surface area contributed by atoms with Gasteiger partial charge in [-0.1, -0.05) is 46.8 Å². The second kappa shape index (κ2) is 9.54. The molecule has 2 aromatic rings. The van der Waals surface area contributed by atoms with Crippen LogP contribution in [-0.2, 0) is 5.41 Å². The number of rotatable bonds is 6. The quantitative estimate of drug-likeness (QED) is 0.672. The predicted octanol–water partition coefficient (Wildman–Crippen LogP) is 5.22. The fourth-order valence-electron chi connectivity index (χ4n) is 3.75. The molecule has 1 fully saturated rings. The van der Waals surface area contributed by atoms with Gasteiger partial charge < -0.3 is 15.5 Å². The van der Waals surface area contributed by atoms with E-state index in [0.29, 0.717) is 29.3 Å². The van der Waals surface area contributed by atoms with Gasteiger partial charge in [-0.15, -0.1) is 0 Å². The summed E-state index contributed by atoms with van der Waals surface area (Å²) in [6.07, 6.45) is 2.27. The number of anilines is 2. The molecule has 1 aliphatic rings. The second-order valence-electron chi connectivity index (χ2n) is 9.81. The van der Waals surface area contributed by atoms with Gasteiger partial charge in [0.1, 0.15) is 0 Å². The zero-order chi connectivity index (χ0) is 22.6. The van der Waals surface area contributed by atoms with Crippen LogP contribution >= 0.6 is 0 Å². The smallest absolute Gasteiger partial charge is 0.255 e. The average molecular weight is 422 g/mol. The minimum Gasteiger partial charge on any atom is -0.371 e. The summed E-state index contributed by atoms with van der Waals surface area (Å²) in [6.45, 7) is 13.1. The van der Waals surface area contributed by atoms with Crippen molar-refractivity contribution in [3.05, 3.63) is 59.2 Å². The maximum atomic E-state index is 12.9. The summed E-state index contributed by atoms with van der Waals surface area (Å²) in [7, 11) is 0. The van der Waals surface area contributed by atoms with E-state index in [4.69, 9.17) is 0 Å². The molecule has 5 nitrogen and oxygen atoms in total. The van der Waals surface area contributed by atoms with E-state index in [-0.39, 0.29) is 17.2 Å². The van der Waals surface area contributed by atoms with E-state index in [1.54, 1.807) is 6.07 Å². The Morgan fingerprint density at radius 2 is 1.61 bits per heavy atom. The molecule has 0 atom stereocenters. The van der Waals surface area contributed by atoms with Gasteiger partial charge in [0.25, 0.3) is 11.8 Å². The topological polar surface area (TPSA) is 61.4 Å². The van der Waals surface area contributed by atoms with Crippen LogP contribution in [0.1, 0.15) is 73.7 Å². The van der Waals surface area contributed by atoms with Gasteiger partial charge in [-0.2, -0.15) is 0 Å². The maximum absolute atomic E-state index is 12.9. The first-order valence-electron chi connectivity index (χ1n) is 11.2. The number of nitrogens with zero attached hydrogens (tertiary/aromatic N) is 1. The Hall–Kier alpha value is -2.82. The van der Waals surface area contributed by atoms with Gasteiger partial charge in [0.05, 0.1) is 5.56 Å². The molecule has 2 aromatic carbocycles. The number of nitrogens with one attached hydrogen (secondary N) is 2. The van der Waals surface area contributed by atoms with Crippen LogP contribution in [0.3, 0.4) is 0 Å². The highest BCUT2D eigenvalue weighted by molar-refractivity contribution is 6.06. The van der Waals surface area contributed by atoms with E-state index < -0.39 is 0 Å². The molecule has 1 saturated heterocycles. The Labute approximate surface area is 186 Å². The molecule has 0 spiro atoms. The van der Waals surface area contributed by atoms with Crippen molar-refractivity contribution in [3.63, 3.8) is 0 Å². The van der Waals surface area contributed by atoms with Crippen molar-refractivity contribution in [3.8, 4) is 0 Å². The summed E-state index contributed by atoms with van der Waals surface area (Å²) in [4.78, 5) is 28.0. The maximum Gasteiger partial charge on any atom is 0.255 e. The van der Waals surface area contributed by atoms with Crippen molar-refractivity contribution in [1.82, 2.24) is 5.32 Å². The van der Waals surface area contributed by atoms with Crippen LogP contribution in [-0.4, -0.2) is 31.4 Å². The normalized spacial score (nSPS) is 14.1. The first kappa shape index (κ1) is 22.9. The second-order valence-corrected chi connectivity index (χ2v) is 9.81. The summed E-state index contributed by atoms with van der Waals surface area (Å²) in [6, 6.07) is 13.3. The molecule has 0 aromatic heterocycles. The molecule has 31 heavy (non-hydrogen) atoms. The molecular formula is C26H35N3O2. The largest absolute Gasteiger partial charge is 0.371 e. The highest BCUT2D eigenvalue weighted by atomic mass is 16.2. The molecule has 0 aliphatic carbocycles. The van der Waals surface area contributed by atoms with Crippen LogP contribution in [0.4, 0.5) is 11.4 Å². The molecule has 0 saturated carbocycles. The van der Waals surface area contributed by atoms with E-state index in [1.807, 2.05) is 36.4 Å². The third-order valence-corrected chi connectivity index (χ3v) is 5.63. The molecular weight excluding hydrogens is 386 g/mol. The monoisotopic (exact) mass is 421 g/mol. The number of benzene rings is 2. The average Bonchev–Trinajstić information content (AvgIpc) is 3.26. The van der Waals surface area contributed by atoms with Gasteiger partial charge in [0.2, 0.25) is 0 Å². The van der Waals surface area contributed by atoms with Gasteiger partial charge in [-0.25, -0.2) is 0 Å². The Morgan fingerprint density at radius 1 is 0.968 bits per heavy atom. The fraction of sp³-hybridized carbons (Fsp3) is 0.462. The predicted molar refractivity (Wildman–Crippen MR) is 128 cm³/mol. The Kier molecular flexibility index (Phi) is 7.04. The van der Waals surface area contributed by atoms with E-state index in [0.717, 1.165) is 31.6 Å². The number of amides is 2. The zero-order valence-corrected chi connectivity index (χ0v) is 19.4. The first-order valence-corrected chi connectivity index (χ1v) is 11.2. The molecule has 0 bridgehead atoms. The summed E-state index contributed by atoms with van der Waals surface area (Å²) >= 11 is 0. The minimum absolute atomic E-state index is 0.0403. The summed E-state index contributed by atoms with van der Waals surface area (Å²) in [5.41, 5.74) is 4.00. The van der Waals surface area contributed by atoms with Crippen LogP contribution in [0.5, 0.6) is 0 Å². The van der Waals surface area contributed by atoms with Crippen molar-refractivity contribution in [2.24, 2.45) is 5.92 Å². The Bertz CT molecular complexity index is 921. The Morgan fingerprint density at radius 3 is 2.19 bits per heavy atom. The van der Waals surface area contributed by atoms with E-state index >= 15 is 0 Å². The van der Waals surface area contributed by atoms with Crippen molar-refractivity contribution in [2.45, 2.75) is 52.9 Å². The standard InChI is InChI=1S/C26H35N3O2/c1-18(2)17-27-25(31)22-16-21(12-13-23(22)29-14-6-7-15-29)28-24(30)19-8-10-20(11-9-19)26(3,4)5/h8-13,16,18H,6-7,14-15,17H2,1-5H3,(H,27,31)(H,28,30). The highest BCUT2D eigenvalue weighted by Crippen LogP contribution is 2.28. The van der Waals surface area contributed by atoms with E-state index in [9.17, 15) is 9.59 Å². The lowest BCUT2D eigenvalue weighted by Gasteiger charge is -2.22. The van der Waals surface area contributed by atoms with Crippen LogP contribution in [0.15, 0.2) is 42.5 Å². The van der Waals surface area contributed by atoms with Crippen molar-refractivity contribution < 1.29 is 9.59 Å². The SMILES string of the molecule is CC(C)CNC(=O)c1cc(NC(=O)c2ccc(C(C)(C)C)cc2)ccc1N1CCCC1. The summed E-state index contributed by atoms with van der Waals surface area (Å²) in [5, 5.41) is 5.97. The minimum atomic E-state index is -0.178. The van der Waals surface area contributed by atoms with E-state index in [2.05, 4.69) is 50.2 Å². The molecule has 1 heterocycles. The van der Waals surface area contributed by atoms with Crippen LogP contribution in [0, 0.1) is 5.92 Å². The molecule has 3 rings (SSSR count). The van der Waals surface area contributed by atoms with Gasteiger partial charge in [-0.3, -0.25) is 9.59 Å². The first-order chi connectivity index (χ1) is 14.6. The molecule has 0 unspecified atom stereocenters. The summed E-state index contributed by atoms with van der Waals surface area (Å²) < 4.78 is 0. The van der Waals surface area contributed by atoms with Crippen LogP contribution in [0.2, 0.25) is 0 Å². The zero-order valence-electron chi connectivity index (χ0n) is 19.4. The molecule has 2 N–H and O–H groups in total. The lowest BCUT2D eigenvalue weighted by atomic mass is 9.87. The molecule has 166 valence electrons. The third-order valence-electron chi connectivity index (χ3n) is 5.63. The molecule has 5 heteroatoms. The van der Waals surface area contributed by atoms with Gasteiger partial charge in [-0.05, 0) is 60.1 Å². The van der Waals surface area contributed by atoms with Crippen molar-refractivity contribution >= 4 is 23.2 Å². The number of carbonyl (C=O) groups is 2. The van der Waals surface area contributed by atoms with Gasteiger partial charge in [0, 0.05) is 36.6 Å². The number of carbonyl (C=O) groups excluding carboxylic acids is 2. The van der Waals surface area contributed by atoms with Crippen LogP contribution in [0.25, 0.3) is 0 Å². The Balaban J connectivity index is 1.81. The highest BCUT2D eigenvalue weighted by Gasteiger charge is 2.21. The molecule has 1 aliphatic heterocycles. The van der Waals surface area contributed by atoms with Gasteiger partial charge >= 0.3 is 0 Å². The van der Waals surface area contributed by atoms with Crippen LogP contribution < -0.4 is 15.5 Å². The molecule has 0 radical (unpaired) electrons.